The van der Waals surface area contributed by atoms with Crippen molar-refractivity contribution in [3.05, 3.63) is 23.1 Å². The molecule has 2 aromatic heterocycles. The van der Waals surface area contributed by atoms with E-state index in [1.54, 1.807) is 6.20 Å². The number of rotatable bonds is 3. The molecule has 0 saturated carbocycles. The van der Waals surface area contributed by atoms with E-state index in [2.05, 4.69) is 28.4 Å². The molecule has 4 nitrogen and oxygen atoms in total. The topological polar surface area (TPSA) is 56.7 Å². The zero-order chi connectivity index (χ0) is 11.7. The van der Waals surface area contributed by atoms with Gasteiger partial charge in [0.05, 0.1) is 5.02 Å². The minimum atomic E-state index is 0.202. The SMILES string of the molecule is CCc1nc2cc(Cl)cnc2n1C(C)CN. The van der Waals surface area contributed by atoms with Gasteiger partial charge >= 0.3 is 0 Å². The second-order valence-electron chi connectivity index (χ2n) is 3.83. The number of halogens is 1. The van der Waals surface area contributed by atoms with Gasteiger partial charge in [0.25, 0.3) is 0 Å². The highest BCUT2D eigenvalue weighted by atomic mass is 35.5. The molecule has 0 aromatic carbocycles. The summed E-state index contributed by atoms with van der Waals surface area (Å²) in [5.41, 5.74) is 7.40. The van der Waals surface area contributed by atoms with E-state index < -0.39 is 0 Å². The highest BCUT2D eigenvalue weighted by Crippen LogP contribution is 2.21. The number of fused-ring (bicyclic) bond motifs is 1. The van der Waals surface area contributed by atoms with Crippen molar-refractivity contribution in [2.24, 2.45) is 5.73 Å². The van der Waals surface area contributed by atoms with Crippen LogP contribution in [0.4, 0.5) is 0 Å². The van der Waals surface area contributed by atoms with Gasteiger partial charge in [-0.2, -0.15) is 0 Å². The molecule has 0 amide bonds. The lowest BCUT2D eigenvalue weighted by Crippen LogP contribution is -2.18. The quantitative estimate of drug-likeness (QED) is 0.892. The average molecular weight is 239 g/mol. The number of aryl methyl sites for hydroxylation is 1. The summed E-state index contributed by atoms with van der Waals surface area (Å²) < 4.78 is 2.09. The minimum Gasteiger partial charge on any atom is -0.328 e. The molecule has 1 atom stereocenters. The van der Waals surface area contributed by atoms with Crippen LogP contribution in [0.5, 0.6) is 0 Å². The van der Waals surface area contributed by atoms with Crippen molar-refractivity contribution in [3.63, 3.8) is 0 Å². The summed E-state index contributed by atoms with van der Waals surface area (Å²) in [7, 11) is 0. The van der Waals surface area contributed by atoms with Gasteiger partial charge in [0, 0.05) is 25.2 Å². The van der Waals surface area contributed by atoms with Crippen molar-refractivity contribution in [3.8, 4) is 0 Å². The second kappa shape index (κ2) is 4.39. The summed E-state index contributed by atoms with van der Waals surface area (Å²) in [5.74, 6) is 1.00. The van der Waals surface area contributed by atoms with Crippen molar-refractivity contribution in [2.75, 3.05) is 6.54 Å². The maximum absolute atomic E-state index is 5.90. The largest absolute Gasteiger partial charge is 0.328 e. The monoisotopic (exact) mass is 238 g/mol. The molecule has 5 heteroatoms. The van der Waals surface area contributed by atoms with Crippen LogP contribution in [-0.4, -0.2) is 21.1 Å². The third-order valence-electron chi connectivity index (χ3n) is 2.67. The minimum absolute atomic E-state index is 0.202. The summed E-state index contributed by atoms with van der Waals surface area (Å²) in [5, 5.41) is 0.611. The number of imidazole rings is 1. The van der Waals surface area contributed by atoms with Gasteiger partial charge in [-0.3, -0.25) is 0 Å². The first kappa shape index (κ1) is 11.4. The Morgan fingerprint density at radius 2 is 2.31 bits per heavy atom. The van der Waals surface area contributed by atoms with E-state index in [1.807, 2.05) is 6.07 Å². The van der Waals surface area contributed by atoms with E-state index in [0.717, 1.165) is 23.4 Å². The molecule has 2 rings (SSSR count). The Kier molecular flexibility index (Phi) is 3.12. The number of nitrogens with two attached hydrogens (primary N) is 1. The zero-order valence-electron chi connectivity index (χ0n) is 9.44. The molecule has 0 aliphatic carbocycles. The number of pyridine rings is 1. The lowest BCUT2D eigenvalue weighted by atomic mass is 10.3. The number of aromatic nitrogens is 3. The second-order valence-corrected chi connectivity index (χ2v) is 4.27. The van der Waals surface area contributed by atoms with E-state index in [4.69, 9.17) is 17.3 Å². The van der Waals surface area contributed by atoms with Crippen LogP contribution in [0.3, 0.4) is 0 Å². The fourth-order valence-corrected chi connectivity index (χ4v) is 1.97. The van der Waals surface area contributed by atoms with Crippen molar-refractivity contribution in [1.82, 2.24) is 14.5 Å². The Morgan fingerprint density at radius 1 is 1.56 bits per heavy atom. The Bertz CT molecular complexity index is 506. The van der Waals surface area contributed by atoms with E-state index in [1.165, 1.54) is 0 Å². The average Bonchev–Trinajstić information content (AvgIpc) is 2.65. The van der Waals surface area contributed by atoms with Crippen LogP contribution in [0, 0.1) is 0 Å². The van der Waals surface area contributed by atoms with Crippen LogP contribution < -0.4 is 5.73 Å². The maximum atomic E-state index is 5.90. The standard InChI is InChI=1S/C11H15ClN4/c1-3-10-15-9-4-8(12)6-14-11(9)16(10)7(2)5-13/h4,6-7H,3,5,13H2,1-2H3. The van der Waals surface area contributed by atoms with Gasteiger partial charge in [0.15, 0.2) is 5.65 Å². The van der Waals surface area contributed by atoms with Gasteiger partial charge in [-0.05, 0) is 13.0 Å². The maximum Gasteiger partial charge on any atom is 0.160 e. The van der Waals surface area contributed by atoms with Gasteiger partial charge in [-0.25, -0.2) is 9.97 Å². The molecule has 0 aliphatic rings. The first-order valence-electron chi connectivity index (χ1n) is 5.39. The van der Waals surface area contributed by atoms with Gasteiger partial charge in [-0.15, -0.1) is 0 Å². The molecule has 1 unspecified atom stereocenters. The van der Waals surface area contributed by atoms with Crippen molar-refractivity contribution in [1.29, 1.82) is 0 Å². The van der Waals surface area contributed by atoms with Crippen LogP contribution in [0.2, 0.25) is 5.02 Å². The highest BCUT2D eigenvalue weighted by Gasteiger charge is 2.14. The first-order chi connectivity index (χ1) is 7.67. The van der Waals surface area contributed by atoms with E-state index in [9.17, 15) is 0 Å². The molecule has 2 N–H and O–H groups in total. The summed E-state index contributed by atoms with van der Waals surface area (Å²) in [6, 6.07) is 2.04. The fourth-order valence-electron chi connectivity index (χ4n) is 1.82. The molecule has 16 heavy (non-hydrogen) atoms. The summed E-state index contributed by atoms with van der Waals surface area (Å²) in [6.07, 6.45) is 2.50. The Balaban J connectivity index is 2.68. The van der Waals surface area contributed by atoms with Crippen LogP contribution in [0.25, 0.3) is 11.2 Å². The van der Waals surface area contributed by atoms with Crippen molar-refractivity contribution >= 4 is 22.8 Å². The lowest BCUT2D eigenvalue weighted by Gasteiger charge is -2.14. The van der Waals surface area contributed by atoms with Crippen LogP contribution in [0.15, 0.2) is 12.3 Å². The Labute approximate surface area is 99.4 Å². The molecule has 0 radical (unpaired) electrons. The first-order valence-corrected chi connectivity index (χ1v) is 5.77. The van der Waals surface area contributed by atoms with Gasteiger partial charge < -0.3 is 10.3 Å². The molecule has 0 aliphatic heterocycles. The zero-order valence-corrected chi connectivity index (χ0v) is 10.2. The highest BCUT2D eigenvalue weighted by molar-refractivity contribution is 6.31. The van der Waals surface area contributed by atoms with Gasteiger partial charge in [0.1, 0.15) is 11.3 Å². The summed E-state index contributed by atoms with van der Waals surface area (Å²) in [6.45, 7) is 4.71. The molecule has 0 bridgehead atoms. The summed E-state index contributed by atoms with van der Waals surface area (Å²) >= 11 is 5.90. The van der Waals surface area contributed by atoms with Gasteiger partial charge in [0.2, 0.25) is 0 Å². The van der Waals surface area contributed by atoms with Crippen LogP contribution >= 0.6 is 11.6 Å². The summed E-state index contributed by atoms with van der Waals surface area (Å²) in [4.78, 5) is 8.85. The van der Waals surface area contributed by atoms with E-state index >= 15 is 0 Å². The number of nitrogens with zero attached hydrogens (tertiary/aromatic N) is 3. The van der Waals surface area contributed by atoms with Crippen molar-refractivity contribution < 1.29 is 0 Å². The molecule has 0 fully saturated rings. The van der Waals surface area contributed by atoms with E-state index in [0.29, 0.717) is 11.6 Å². The molecular formula is C11H15ClN4. The lowest BCUT2D eigenvalue weighted by molar-refractivity contribution is 0.546. The number of hydrogen-bond acceptors (Lipinski definition) is 3. The molecule has 86 valence electrons. The van der Waals surface area contributed by atoms with Crippen LogP contribution in [0.1, 0.15) is 25.7 Å². The molecule has 2 heterocycles. The van der Waals surface area contributed by atoms with Gasteiger partial charge in [-0.1, -0.05) is 18.5 Å². The molecule has 2 aromatic rings. The van der Waals surface area contributed by atoms with Crippen molar-refractivity contribution in [2.45, 2.75) is 26.3 Å². The fraction of sp³-hybridized carbons (Fsp3) is 0.455. The predicted molar refractivity (Wildman–Crippen MR) is 65.7 cm³/mol. The Morgan fingerprint density at radius 3 is 2.94 bits per heavy atom. The molecule has 0 saturated heterocycles. The Hall–Kier alpha value is -1.13. The third kappa shape index (κ3) is 1.79. The molecule has 0 spiro atoms. The van der Waals surface area contributed by atoms with Crippen LogP contribution in [-0.2, 0) is 6.42 Å². The molecular weight excluding hydrogens is 224 g/mol. The normalized spacial score (nSPS) is 13.2. The smallest absolute Gasteiger partial charge is 0.160 e. The third-order valence-corrected chi connectivity index (χ3v) is 2.87. The number of hydrogen-bond donors (Lipinski definition) is 1. The van der Waals surface area contributed by atoms with E-state index in [-0.39, 0.29) is 6.04 Å². The predicted octanol–water partition coefficient (Wildman–Crippen LogP) is 2.17.